The Hall–Kier alpha value is -1.68. The maximum atomic E-state index is 11.7. The molecule has 2 unspecified atom stereocenters. The molecule has 1 amide bonds. The van der Waals surface area contributed by atoms with Gasteiger partial charge in [-0.1, -0.05) is 30.3 Å². The van der Waals surface area contributed by atoms with E-state index in [9.17, 15) is 9.59 Å². The molecule has 2 aliphatic rings. The van der Waals surface area contributed by atoms with Crippen molar-refractivity contribution < 1.29 is 9.59 Å². The molecule has 1 aromatic carbocycles. The molecule has 0 radical (unpaired) electrons. The largest absolute Gasteiger partial charge is 0.324 e. The van der Waals surface area contributed by atoms with Crippen LogP contribution in [0, 0.1) is 0 Å². The first kappa shape index (κ1) is 8.61. The minimum atomic E-state index is -0.435. The smallest absolute Gasteiger partial charge is 0.295 e. The molecule has 1 saturated heterocycles. The first-order valence-electron chi connectivity index (χ1n) is 4.89. The van der Waals surface area contributed by atoms with E-state index in [1.165, 1.54) is 0 Å². The van der Waals surface area contributed by atoms with Gasteiger partial charge in [-0.05, 0) is 0 Å². The highest BCUT2D eigenvalue weighted by molar-refractivity contribution is 6.43. The second-order valence-electron chi connectivity index (χ2n) is 3.97. The average molecular weight is 202 g/mol. The predicted octanol–water partition coefficient (Wildman–Crippen LogP) is -0.210. The van der Waals surface area contributed by atoms with Crippen LogP contribution in [0.4, 0.5) is 0 Å². The second-order valence-corrected chi connectivity index (χ2v) is 3.97. The number of nitrogens with two attached hydrogens (primary N) is 1. The van der Waals surface area contributed by atoms with E-state index in [1.807, 2.05) is 6.07 Å². The summed E-state index contributed by atoms with van der Waals surface area (Å²) in [7, 11) is 0. The summed E-state index contributed by atoms with van der Waals surface area (Å²) < 4.78 is 0. The summed E-state index contributed by atoms with van der Waals surface area (Å²) in [5, 5.41) is 0. The number of Topliss-reactive ketones (excluding diaryl/α,β-unsaturated/α-hetero) is 1. The van der Waals surface area contributed by atoms with Crippen molar-refractivity contribution >= 4 is 11.7 Å². The topological polar surface area (TPSA) is 63.2 Å². The van der Waals surface area contributed by atoms with Crippen molar-refractivity contribution in [1.82, 2.24) is 4.90 Å². The van der Waals surface area contributed by atoms with Crippen molar-refractivity contribution in [3.05, 3.63) is 35.9 Å². The Morgan fingerprint density at radius 3 is 2.27 bits per heavy atom. The lowest BCUT2D eigenvalue weighted by Gasteiger charge is -2.10. The van der Waals surface area contributed by atoms with E-state index in [0.717, 1.165) is 0 Å². The number of rotatable bonds is 2. The summed E-state index contributed by atoms with van der Waals surface area (Å²) in [5.74, 6) is -0.854. The summed E-state index contributed by atoms with van der Waals surface area (Å²) >= 11 is 0. The van der Waals surface area contributed by atoms with Gasteiger partial charge in [0.15, 0.2) is 0 Å². The first-order chi connectivity index (χ1) is 7.22. The highest BCUT2D eigenvalue weighted by atomic mass is 16.2. The van der Waals surface area contributed by atoms with Crippen LogP contribution < -0.4 is 5.73 Å². The molecule has 0 aromatic heterocycles. The van der Waals surface area contributed by atoms with Gasteiger partial charge < -0.3 is 10.6 Å². The monoisotopic (exact) mass is 202 g/mol. The van der Waals surface area contributed by atoms with Gasteiger partial charge in [0.1, 0.15) is 0 Å². The Balaban J connectivity index is 1.74. The lowest BCUT2D eigenvalue weighted by atomic mass is 10.1. The molecule has 0 bridgehead atoms. The molecule has 4 heteroatoms. The lowest BCUT2D eigenvalue weighted by molar-refractivity contribution is -0.123. The zero-order valence-electron chi connectivity index (χ0n) is 7.96. The number of likely N-dealkylation sites (tertiary alicyclic amines) is 1. The third-order valence-corrected chi connectivity index (χ3v) is 3.02. The number of carbonyl (C=O) groups is 2. The zero-order valence-corrected chi connectivity index (χ0v) is 7.96. The van der Waals surface area contributed by atoms with E-state index in [4.69, 9.17) is 5.73 Å². The predicted molar refractivity (Wildman–Crippen MR) is 53.2 cm³/mol. The van der Waals surface area contributed by atoms with Crippen LogP contribution in [0.15, 0.2) is 30.3 Å². The Labute approximate surface area is 86.7 Å². The molecule has 4 nitrogen and oxygen atoms in total. The molecule has 1 saturated carbocycles. The molecular weight excluding hydrogens is 192 g/mol. The second kappa shape index (κ2) is 2.67. The molecule has 0 spiro atoms. The van der Waals surface area contributed by atoms with E-state index in [-0.39, 0.29) is 18.1 Å². The van der Waals surface area contributed by atoms with Crippen LogP contribution in [0.3, 0.4) is 0 Å². The number of hydrogen-bond donors (Lipinski definition) is 1. The van der Waals surface area contributed by atoms with Gasteiger partial charge in [-0.3, -0.25) is 9.59 Å². The van der Waals surface area contributed by atoms with E-state index in [2.05, 4.69) is 0 Å². The highest BCUT2D eigenvalue weighted by Crippen LogP contribution is 2.49. The van der Waals surface area contributed by atoms with E-state index < -0.39 is 11.7 Å². The maximum Gasteiger partial charge on any atom is 0.295 e. The third kappa shape index (κ3) is 1.11. The van der Waals surface area contributed by atoms with Crippen molar-refractivity contribution in [2.45, 2.75) is 18.1 Å². The summed E-state index contributed by atoms with van der Waals surface area (Å²) in [6.45, 7) is 0. The highest BCUT2D eigenvalue weighted by Gasteiger charge is 2.73. The van der Waals surface area contributed by atoms with Crippen LogP contribution in [0.25, 0.3) is 0 Å². The molecule has 15 heavy (non-hydrogen) atoms. The Morgan fingerprint density at radius 2 is 1.73 bits per heavy atom. The Bertz CT molecular complexity index is 433. The SMILES string of the molecule is NC1C2C1N2C(=O)C(=O)c1ccccc1. The van der Waals surface area contributed by atoms with E-state index in [0.29, 0.717) is 5.56 Å². The number of amides is 1. The van der Waals surface area contributed by atoms with Gasteiger partial charge in [-0.2, -0.15) is 0 Å². The summed E-state index contributed by atoms with van der Waals surface area (Å²) in [5.41, 5.74) is 6.02. The van der Waals surface area contributed by atoms with Crippen molar-refractivity contribution in [2.75, 3.05) is 0 Å². The lowest BCUT2D eigenvalue weighted by Crippen LogP contribution is -2.36. The molecule has 1 aliphatic heterocycles. The van der Waals surface area contributed by atoms with Gasteiger partial charge in [0.05, 0.1) is 12.1 Å². The van der Waals surface area contributed by atoms with Gasteiger partial charge in [-0.15, -0.1) is 0 Å². The first-order valence-corrected chi connectivity index (χ1v) is 4.89. The molecule has 1 aromatic rings. The minimum Gasteiger partial charge on any atom is -0.324 e. The van der Waals surface area contributed by atoms with Crippen molar-refractivity contribution in [2.24, 2.45) is 5.73 Å². The standard InChI is InChI=1S/C11H10N2O2/c12-7-8-9(7)13(8)11(15)10(14)6-4-2-1-3-5-6/h1-5,7-9H,12H2. The van der Waals surface area contributed by atoms with Crippen LogP contribution in [-0.2, 0) is 4.79 Å². The molecule has 1 aliphatic carbocycles. The number of benzene rings is 1. The van der Waals surface area contributed by atoms with Crippen molar-refractivity contribution in [3.63, 3.8) is 0 Å². The average Bonchev–Trinajstić information content (AvgIpc) is 3.16. The fourth-order valence-electron chi connectivity index (χ4n) is 1.94. The normalized spacial score (nSPS) is 30.7. The fraction of sp³-hybridized carbons (Fsp3) is 0.273. The van der Waals surface area contributed by atoms with Gasteiger partial charge in [0, 0.05) is 11.6 Å². The van der Waals surface area contributed by atoms with Gasteiger partial charge >= 0.3 is 0 Å². The maximum absolute atomic E-state index is 11.7. The molecule has 2 atom stereocenters. The number of carbonyl (C=O) groups excluding carboxylic acids is 2. The number of hydrogen-bond acceptors (Lipinski definition) is 3. The van der Waals surface area contributed by atoms with Crippen LogP contribution in [0.2, 0.25) is 0 Å². The number of fused-ring (bicyclic) bond motifs is 1. The molecule has 2 fully saturated rings. The summed E-state index contributed by atoms with van der Waals surface area (Å²) in [6.07, 6.45) is 0. The van der Waals surface area contributed by atoms with Crippen molar-refractivity contribution in [3.8, 4) is 0 Å². The molecular formula is C11H10N2O2. The Morgan fingerprint density at radius 1 is 1.13 bits per heavy atom. The van der Waals surface area contributed by atoms with Crippen LogP contribution in [-0.4, -0.2) is 34.7 Å². The van der Waals surface area contributed by atoms with Crippen molar-refractivity contribution in [1.29, 1.82) is 0 Å². The quantitative estimate of drug-likeness (QED) is 0.410. The molecule has 2 N–H and O–H groups in total. The zero-order chi connectivity index (χ0) is 10.6. The summed E-state index contributed by atoms with van der Waals surface area (Å²) in [6, 6.07) is 8.99. The van der Waals surface area contributed by atoms with Crippen LogP contribution in [0.1, 0.15) is 10.4 Å². The fourth-order valence-corrected chi connectivity index (χ4v) is 1.94. The minimum absolute atomic E-state index is 0.109. The molecule has 76 valence electrons. The van der Waals surface area contributed by atoms with E-state index >= 15 is 0 Å². The Kier molecular flexibility index (Phi) is 1.53. The third-order valence-electron chi connectivity index (χ3n) is 3.02. The molecule has 3 rings (SSSR count). The van der Waals surface area contributed by atoms with Gasteiger partial charge in [-0.25, -0.2) is 0 Å². The number of ketones is 1. The molecule has 1 heterocycles. The van der Waals surface area contributed by atoms with E-state index in [1.54, 1.807) is 29.2 Å². The number of nitrogens with zero attached hydrogens (tertiary/aromatic N) is 1. The van der Waals surface area contributed by atoms with Crippen LogP contribution >= 0.6 is 0 Å². The van der Waals surface area contributed by atoms with Crippen LogP contribution in [0.5, 0.6) is 0 Å². The summed E-state index contributed by atoms with van der Waals surface area (Å²) in [4.78, 5) is 24.8. The van der Waals surface area contributed by atoms with Gasteiger partial charge in [0.25, 0.3) is 5.91 Å². The van der Waals surface area contributed by atoms with Gasteiger partial charge in [0.2, 0.25) is 5.78 Å².